The highest BCUT2D eigenvalue weighted by Gasteiger charge is 2.34. The van der Waals surface area contributed by atoms with Gasteiger partial charge in [-0.25, -0.2) is 0 Å². The van der Waals surface area contributed by atoms with E-state index >= 15 is 0 Å². The number of rotatable bonds is 0. The highest BCUT2D eigenvalue weighted by Crippen LogP contribution is 2.24. The molecule has 0 radical (unpaired) electrons. The van der Waals surface area contributed by atoms with Gasteiger partial charge in [0.1, 0.15) is 5.82 Å². The van der Waals surface area contributed by atoms with Crippen molar-refractivity contribution in [1.29, 1.82) is 0 Å². The van der Waals surface area contributed by atoms with E-state index in [0.717, 1.165) is 30.8 Å². The zero-order valence-electron chi connectivity index (χ0n) is 9.68. The maximum atomic E-state index is 12.2. The van der Waals surface area contributed by atoms with Crippen LogP contribution in [-0.4, -0.2) is 29.6 Å². The van der Waals surface area contributed by atoms with Gasteiger partial charge in [-0.1, -0.05) is 0 Å². The molecule has 2 heterocycles. The van der Waals surface area contributed by atoms with E-state index in [9.17, 15) is 4.79 Å². The van der Waals surface area contributed by atoms with Gasteiger partial charge in [-0.15, -0.1) is 0 Å². The van der Waals surface area contributed by atoms with E-state index < -0.39 is 0 Å². The van der Waals surface area contributed by atoms with Crippen LogP contribution in [0.3, 0.4) is 0 Å². The van der Waals surface area contributed by atoms with Gasteiger partial charge in [0, 0.05) is 12.1 Å². The van der Waals surface area contributed by atoms with Crippen LogP contribution in [0.5, 0.6) is 0 Å². The van der Waals surface area contributed by atoms with Crippen LogP contribution < -0.4 is 10.6 Å². The minimum atomic E-state index is -0.111. The van der Waals surface area contributed by atoms with Crippen LogP contribution in [0, 0.1) is 0 Å². The summed E-state index contributed by atoms with van der Waals surface area (Å²) < 4.78 is 0. The highest BCUT2D eigenvalue weighted by atomic mass is 16.2. The Morgan fingerprint density at radius 2 is 2.00 bits per heavy atom. The molecule has 2 N–H and O–H groups in total. The molecule has 0 atom stereocenters. The minimum Gasteiger partial charge on any atom is -0.371 e. The number of carbonyl (C=O) groups excluding carboxylic acids is 1. The van der Waals surface area contributed by atoms with Crippen molar-refractivity contribution in [3.05, 3.63) is 11.4 Å². The quantitative estimate of drug-likeness (QED) is 0.619. The van der Waals surface area contributed by atoms with Gasteiger partial charge >= 0.3 is 0 Å². The molecule has 0 saturated heterocycles. The number of hydrogen-bond acceptors (Lipinski definition) is 3. The monoisotopic (exact) mass is 209 g/mol. The minimum absolute atomic E-state index is 0.111. The van der Waals surface area contributed by atoms with Gasteiger partial charge in [0.15, 0.2) is 0 Å². The summed E-state index contributed by atoms with van der Waals surface area (Å²) in [6.45, 7) is 7.76. The van der Waals surface area contributed by atoms with E-state index in [1.807, 2.05) is 4.90 Å². The Balaban J connectivity index is 2.25. The van der Waals surface area contributed by atoms with Gasteiger partial charge in [0.2, 0.25) is 0 Å². The summed E-state index contributed by atoms with van der Waals surface area (Å²) in [5.41, 5.74) is 0.808. The zero-order valence-corrected chi connectivity index (χ0v) is 9.68. The topological polar surface area (TPSA) is 44.4 Å². The largest absolute Gasteiger partial charge is 0.371 e. The molecule has 0 aliphatic carbocycles. The summed E-state index contributed by atoms with van der Waals surface area (Å²) in [5, 5.41) is 6.53. The lowest BCUT2D eigenvalue weighted by Gasteiger charge is -2.41. The first-order valence-corrected chi connectivity index (χ1v) is 5.53. The van der Waals surface area contributed by atoms with Gasteiger partial charge < -0.3 is 15.5 Å². The Morgan fingerprint density at radius 3 is 2.67 bits per heavy atom. The summed E-state index contributed by atoms with van der Waals surface area (Å²) in [6.07, 6.45) is 1.94. The molecule has 0 aromatic carbocycles. The van der Waals surface area contributed by atoms with Gasteiger partial charge in [-0.2, -0.15) is 0 Å². The summed E-state index contributed by atoms with van der Waals surface area (Å²) in [7, 11) is 0. The number of nitrogens with one attached hydrogen (secondary N) is 2. The fraction of sp³-hybridized carbons (Fsp3) is 0.727. The van der Waals surface area contributed by atoms with Crippen molar-refractivity contribution in [3.63, 3.8) is 0 Å². The molecule has 0 unspecified atom stereocenters. The predicted octanol–water partition coefficient (Wildman–Crippen LogP) is 0.769. The van der Waals surface area contributed by atoms with E-state index in [1.54, 1.807) is 0 Å². The summed E-state index contributed by atoms with van der Waals surface area (Å²) >= 11 is 0. The maximum absolute atomic E-state index is 12.2. The van der Waals surface area contributed by atoms with Crippen LogP contribution in [0.25, 0.3) is 0 Å². The second kappa shape index (κ2) is 3.43. The van der Waals surface area contributed by atoms with Crippen molar-refractivity contribution < 1.29 is 4.79 Å². The Bertz CT molecular complexity index is 314. The molecule has 0 aromatic rings. The molecular weight excluding hydrogens is 190 g/mol. The lowest BCUT2D eigenvalue weighted by molar-refractivity contribution is -0.133. The summed E-state index contributed by atoms with van der Waals surface area (Å²) in [4.78, 5) is 14.1. The van der Waals surface area contributed by atoms with Crippen LogP contribution in [0.2, 0.25) is 0 Å². The molecule has 0 spiro atoms. The fourth-order valence-electron chi connectivity index (χ4n) is 2.03. The van der Waals surface area contributed by atoms with Crippen LogP contribution in [0.4, 0.5) is 0 Å². The van der Waals surface area contributed by atoms with Crippen LogP contribution in [-0.2, 0) is 4.79 Å². The Labute approximate surface area is 90.7 Å². The van der Waals surface area contributed by atoms with Crippen molar-refractivity contribution in [3.8, 4) is 0 Å². The molecule has 0 bridgehead atoms. The van der Waals surface area contributed by atoms with Gasteiger partial charge in [-0.05, 0) is 33.6 Å². The normalized spacial score (nSPS) is 22.1. The Kier molecular flexibility index (Phi) is 2.37. The standard InChI is InChI=1S/C11H19N3O/c1-11(2,3)14-7-13-9-8(10(14)15)5-4-6-12-9/h12-13H,4-7H2,1-3H3. The van der Waals surface area contributed by atoms with E-state index in [-0.39, 0.29) is 11.4 Å². The predicted molar refractivity (Wildman–Crippen MR) is 58.9 cm³/mol. The van der Waals surface area contributed by atoms with Gasteiger partial charge in [-0.3, -0.25) is 4.79 Å². The third-order valence-corrected chi connectivity index (χ3v) is 2.93. The molecule has 1 amide bonds. The Hall–Kier alpha value is -1.19. The van der Waals surface area contributed by atoms with E-state index in [4.69, 9.17) is 0 Å². The molecule has 84 valence electrons. The first-order chi connectivity index (χ1) is 7.00. The molecule has 2 aliphatic rings. The number of nitrogens with zero attached hydrogens (tertiary/aromatic N) is 1. The lowest BCUT2D eigenvalue weighted by Crippen LogP contribution is -2.56. The molecule has 0 fully saturated rings. The summed E-state index contributed by atoms with van der Waals surface area (Å²) in [5.74, 6) is 1.13. The number of carbonyl (C=O) groups is 1. The van der Waals surface area contributed by atoms with Crippen molar-refractivity contribution in [2.24, 2.45) is 0 Å². The molecule has 0 saturated carbocycles. The molecule has 0 aromatic heterocycles. The van der Waals surface area contributed by atoms with E-state index in [1.165, 1.54) is 0 Å². The zero-order chi connectivity index (χ0) is 11.1. The SMILES string of the molecule is CC(C)(C)N1CNC2=C(CCCN2)C1=O. The van der Waals surface area contributed by atoms with Gasteiger partial charge in [0.25, 0.3) is 5.91 Å². The third kappa shape index (κ3) is 1.80. The van der Waals surface area contributed by atoms with Crippen molar-refractivity contribution in [2.75, 3.05) is 13.2 Å². The van der Waals surface area contributed by atoms with Crippen LogP contribution in [0.1, 0.15) is 33.6 Å². The Morgan fingerprint density at radius 1 is 1.27 bits per heavy atom. The lowest BCUT2D eigenvalue weighted by atomic mass is 9.99. The second-order valence-electron chi connectivity index (χ2n) is 5.12. The number of amides is 1. The molecule has 2 rings (SSSR count). The van der Waals surface area contributed by atoms with Gasteiger partial charge in [0.05, 0.1) is 12.2 Å². The molecule has 15 heavy (non-hydrogen) atoms. The molecule has 2 aliphatic heterocycles. The van der Waals surface area contributed by atoms with E-state index in [2.05, 4.69) is 31.4 Å². The average Bonchev–Trinajstić information content (AvgIpc) is 2.16. The van der Waals surface area contributed by atoms with Crippen molar-refractivity contribution >= 4 is 5.91 Å². The van der Waals surface area contributed by atoms with Crippen LogP contribution >= 0.6 is 0 Å². The molecule has 4 nitrogen and oxygen atoms in total. The first kappa shape index (κ1) is 10.3. The smallest absolute Gasteiger partial charge is 0.255 e. The van der Waals surface area contributed by atoms with Crippen LogP contribution in [0.15, 0.2) is 11.4 Å². The fourth-order valence-corrected chi connectivity index (χ4v) is 2.03. The third-order valence-electron chi connectivity index (χ3n) is 2.93. The molecular formula is C11H19N3O. The summed E-state index contributed by atoms with van der Waals surface area (Å²) in [6, 6.07) is 0. The molecule has 4 heteroatoms. The second-order valence-corrected chi connectivity index (χ2v) is 5.12. The van der Waals surface area contributed by atoms with E-state index in [0.29, 0.717) is 6.67 Å². The first-order valence-electron chi connectivity index (χ1n) is 5.53. The highest BCUT2D eigenvalue weighted by molar-refractivity contribution is 5.95. The number of hydrogen-bond donors (Lipinski definition) is 2. The average molecular weight is 209 g/mol. The van der Waals surface area contributed by atoms with Crippen molar-refractivity contribution in [2.45, 2.75) is 39.2 Å². The van der Waals surface area contributed by atoms with Crippen molar-refractivity contribution in [1.82, 2.24) is 15.5 Å². The maximum Gasteiger partial charge on any atom is 0.255 e.